The molecule has 0 aromatic heterocycles. The molecule has 5 heteroatoms. The number of anilines is 1. The van der Waals surface area contributed by atoms with Gasteiger partial charge in [0.05, 0.1) is 17.8 Å². The van der Waals surface area contributed by atoms with Crippen molar-refractivity contribution in [1.29, 1.82) is 0 Å². The zero-order chi connectivity index (χ0) is 10.7. The van der Waals surface area contributed by atoms with Crippen LogP contribution in [0.5, 0.6) is 5.75 Å². The molecule has 0 atom stereocenters. The molecule has 0 spiro atoms. The van der Waals surface area contributed by atoms with E-state index in [4.69, 9.17) is 17.0 Å². The number of hydrogen-bond donors (Lipinski definition) is 1. The molecule has 1 rings (SSSR count). The van der Waals surface area contributed by atoms with E-state index in [-0.39, 0.29) is 0 Å². The van der Waals surface area contributed by atoms with Gasteiger partial charge in [-0.1, -0.05) is 12.2 Å². The van der Waals surface area contributed by atoms with E-state index in [9.17, 15) is 0 Å². The Hall–Kier alpha value is -0.130. The fraction of sp³-hybridized carbons (Fsp3) is 0.222. The molecule has 1 aromatic carbocycles. The van der Waals surface area contributed by atoms with Crippen molar-refractivity contribution in [3.8, 4) is 5.75 Å². The molecule has 0 aliphatic carbocycles. The van der Waals surface area contributed by atoms with Crippen molar-refractivity contribution in [2.24, 2.45) is 0 Å². The number of rotatable bonds is 2. The fourth-order valence-corrected chi connectivity index (χ4v) is 2.41. The third kappa shape index (κ3) is 2.93. The van der Waals surface area contributed by atoms with Gasteiger partial charge >= 0.3 is 0 Å². The van der Waals surface area contributed by atoms with Crippen LogP contribution in [0.2, 0.25) is 0 Å². The monoisotopic (exact) mass is 337 g/mol. The minimum Gasteiger partial charge on any atom is -0.497 e. The summed E-state index contributed by atoms with van der Waals surface area (Å²) in [6, 6.07) is 3.76. The summed E-state index contributed by atoms with van der Waals surface area (Å²) in [4.78, 5) is 0.719. The van der Waals surface area contributed by atoms with Crippen LogP contribution in [0.3, 0.4) is 0 Å². The number of nitrogens with one attached hydrogen (secondary N) is 1. The second-order valence-corrected chi connectivity index (χ2v) is 4.97. The number of benzene rings is 1. The number of ether oxygens (including phenoxy) is 1. The van der Waals surface area contributed by atoms with Crippen molar-refractivity contribution >= 4 is 54.8 Å². The van der Waals surface area contributed by atoms with Crippen LogP contribution in [-0.4, -0.2) is 12.1 Å². The van der Waals surface area contributed by atoms with Crippen LogP contribution in [0.25, 0.3) is 0 Å². The zero-order valence-electron chi connectivity index (χ0n) is 7.73. The second-order valence-electron chi connectivity index (χ2n) is 2.65. The van der Waals surface area contributed by atoms with Gasteiger partial charge in [-0.15, -0.1) is 0 Å². The van der Waals surface area contributed by atoms with Crippen molar-refractivity contribution in [1.82, 2.24) is 0 Å². The van der Waals surface area contributed by atoms with Crippen molar-refractivity contribution in [3.05, 3.63) is 21.1 Å². The fourth-order valence-electron chi connectivity index (χ4n) is 0.963. The Morgan fingerprint density at radius 3 is 2.21 bits per heavy atom. The summed E-state index contributed by atoms with van der Waals surface area (Å²) in [5.74, 6) is 0.788. The van der Waals surface area contributed by atoms with Crippen LogP contribution in [0, 0.1) is 0 Å². The highest BCUT2D eigenvalue weighted by Gasteiger charge is 2.07. The lowest BCUT2D eigenvalue weighted by Crippen LogP contribution is -2.04. The van der Waals surface area contributed by atoms with Crippen LogP contribution in [0.15, 0.2) is 21.1 Å². The highest BCUT2D eigenvalue weighted by molar-refractivity contribution is 9.11. The smallest absolute Gasteiger partial charge is 0.121 e. The van der Waals surface area contributed by atoms with Gasteiger partial charge in [0.25, 0.3) is 0 Å². The number of methoxy groups -OCH3 is 1. The largest absolute Gasteiger partial charge is 0.497 e. The summed E-state index contributed by atoms with van der Waals surface area (Å²) in [5, 5.41) is 3.07. The lowest BCUT2D eigenvalue weighted by Gasteiger charge is -2.11. The Kier molecular flexibility index (Phi) is 4.34. The third-order valence-corrected chi connectivity index (χ3v) is 2.91. The molecule has 0 saturated heterocycles. The van der Waals surface area contributed by atoms with E-state index in [1.165, 1.54) is 0 Å². The lowest BCUT2D eigenvalue weighted by atomic mass is 10.3. The SMILES string of the molecule is COc1cc(Br)c(NC(C)=S)c(Br)c1. The number of hydrogen-bond acceptors (Lipinski definition) is 2. The molecule has 1 aromatic rings. The lowest BCUT2D eigenvalue weighted by molar-refractivity contribution is 0.414. The van der Waals surface area contributed by atoms with Gasteiger partial charge in [0, 0.05) is 8.95 Å². The molecule has 76 valence electrons. The zero-order valence-corrected chi connectivity index (χ0v) is 11.7. The minimum absolute atomic E-state index is 0.719. The quantitative estimate of drug-likeness (QED) is 0.824. The Morgan fingerprint density at radius 1 is 1.36 bits per heavy atom. The first-order valence-electron chi connectivity index (χ1n) is 3.85. The highest BCUT2D eigenvalue weighted by Crippen LogP contribution is 2.35. The Balaban J connectivity index is 3.11. The summed E-state index contributed by atoms with van der Waals surface area (Å²) in [7, 11) is 1.63. The molecule has 14 heavy (non-hydrogen) atoms. The molecular weight excluding hydrogens is 330 g/mol. The Morgan fingerprint density at radius 2 is 1.86 bits per heavy atom. The molecule has 0 heterocycles. The average Bonchev–Trinajstić information content (AvgIpc) is 2.10. The van der Waals surface area contributed by atoms with E-state index in [1.54, 1.807) is 7.11 Å². The summed E-state index contributed by atoms with van der Waals surface area (Å²) in [6.07, 6.45) is 0. The van der Waals surface area contributed by atoms with E-state index in [0.717, 1.165) is 25.4 Å². The van der Waals surface area contributed by atoms with Crippen molar-refractivity contribution < 1.29 is 4.74 Å². The molecule has 0 fully saturated rings. The normalized spacial score (nSPS) is 9.71. The van der Waals surface area contributed by atoms with Crippen molar-refractivity contribution in [3.63, 3.8) is 0 Å². The third-order valence-electron chi connectivity index (χ3n) is 1.55. The van der Waals surface area contributed by atoms with Gasteiger partial charge in [-0.3, -0.25) is 0 Å². The second kappa shape index (κ2) is 5.09. The summed E-state index contributed by atoms with van der Waals surface area (Å²) in [6.45, 7) is 1.83. The molecule has 0 aliphatic rings. The van der Waals surface area contributed by atoms with E-state index in [1.807, 2.05) is 19.1 Å². The first kappa shape index (κ1) is 11.9. The predicted molar refractivity (Wildman–Crippen MR) is 70.3 cm³/mol. The first-order valence-corrected chi connectivity index (χ1v) is 5.84. The molecule has 0 aliphatic heterocycles. The van der Waals surface area contributed by atoms with Gasteiger partial charge in [-0.25, -0.2) is 0 Å². The standard InChI is InChI=1S/C9H9Br2NOS/c1-5(14)12-9-7(10)3-6(13-2)4-8(9)11/h3-4H,1-2H3,(H,12,14). The molecule has 1 N–H and O–H groups in total. The molecular formula is C9H9Br2NOS. The van der Waals surface area contributed by atoms with E-state index >= 15 is 0 Å². The summed E-state index contributed by atoms with van der Waals surface area (Å²) >= 11 is 11.8. The molecule has 0 amide bonds. The van der Waals surface area contributed by atoms with E-state index in [0.29, 0.717) is 0 Å². The minimum atomic E-state index is 0.719. The van der Waals surface area contributed by atoms with Gasteiger partial charge in [0.2, 0.25) is 0 Å². The Bertz CT molecular complexity index is 345. The topological polar surface area (TPSA) is 21.3 Å². The van der Waals surface area contributed by atoms with Crippen LogP contribution in [-0.2, 0) is 0 Å². The highest BCUT2D eigenvalue weighted by atomic mass is 79.9. The molecule has 0 unspecified atom stereocenters. The Labute approximate surface area is 105 Å². The molecule has 0 saturated carbocycles. The molecule has 2 nitrogen and oxygen atoms in total. The van der Waals surface area contributed by atoms with Gasteiger partial charge < -0.3 is 10.1 Å². The van der Waals surface area contributed by atoms with Crippen molar-refractivity contribution in [2.45, 2.75) is 6.92 Å². The van der Waals surface area contributed by atoms with Crippen LogP contribution >= 0.6 is 44.1 Å². The maximum atomic E-state index is 5.12. The molecule has 0 bridgehead atoms. The van der Waals surface area contributed by atoms with Gasteiger partial charge in [-0.05, 0) is 50.9 Å². The van der Waals surface area contributed by atoms with Crippen LogP contribution in [0.4, 0.5) is 5.69 Å². The van der Waals surface area contributed by atoms with E-state index in [2.05, 4.69) is 37.2 Å². The van der Waals surface area contributed by atoms with Crippen molar-refractivity contribution in [2.75, 3.05) is 12.4 Å². The number of thiocarbonyl (C=S) groups is 1. The average molecular weight is 339 g/mol. The van der Waals surface area contributed by atoms with Crippen LogP contribution < -0.4 is 10.1 Å². The van der Waals surface area contributed by atoms with Crippen LogP contribution in [0.1, 0.15) is 6.92 Å². The maximum Gasteiger partial charge on any atom is 0.121 e. The van der Waals surface area contributed by atoms with E-state index < -0.39 is 0 Å². The van der Waals surface area contributed by atoms with Gasteiger partial charge in [0.1, 0.15) is 5.75 Å². The first-order chi connectivity index (χ1) is 6.54. The maximum absolute atomic E-state index is 5.12. The number of halogens is 2. The predicted octanol–water partition coefficient (Wildman–Crippen LogP) is 3.98. The van der Waals surface area contributed by atoms with Gasteiger partial charge in [-0.2, -0.15) is 0 Å². The summed E-state index contributed by atoms with van der Waals surface area (Å²) < 4.78 is 6.94. The molecule has 0 radical (unpaired) electrons. The summed E-state index contributed by atoms with van der Waals surface area (Å²) in [5.41, 5.74) is 0.915. The van der Waals surface area contributed by atoms with Gasteiger partial charge in [0.15, 0.2) is 0 Å².